The Morgan fingerprint density at radius 3 is 2.81 bits per heavy atom. The molecule has 2 aliphatic heterocycles. The number of amides is 1. The second kappa shape index (κ2) is 4.22. The fourth-order valence-corrected chi connectivity index (χ4v) is 4.62. The van der Waals surface area contributed by atoms with Crippen molar-refractivity contribution in [2.75, 3.05) is 24.6 Å². The molecule has 3 fully saturated rings. The van der Waals surface area contributed by atoms with Crippen molar-refractivity contribution in [3.8, 4) is 0 Å². The molecule has 3 aliphatic rings. The molecule has 2 heterocycles. The average molecular weight is 241 g/mol. The third kappa shape index (κ3) is 1.76. The smallest absolute Gasteiger partial charge is 0.226 e. The van der Waals surface area contributed by atoms with Gasteiger partial charge in [0.25, 0.3) is 0 Å². The Bertz CT molecular complexity index is 291. The van der Waals surface area contributed by atoms with Crippen LogP contribution < -0.4 is 0 Å². The number of aliphatic hydroxyl groups is 1. The highest BCUT2D eigenvalue weighted by molar-refractivity contribution is 7.99. The molecular weight excluding hydrogens is 222 g/mol. The SMILES string of the molecule is O=C(C1CCSC1)N1CC2CCC(O)C2C1. The minimum absolute atomic E-state index is 0.152. The van der Waals surface area contributed by atoms with Gasteiger partial charge in [-0.25, -0.2) is 0 Å². The van der Waals surface area contributed by atoms with Crippen LogP contribution >= 0.6 is 11.8 Å². The molecule has 3 rings (SSSR count). The van der Waals surface area contributed by atoms with Crippen LogP contribution in [0.3, 0.4) is 0 Å². The lowest BCUT2D eigenvalue weighted by atomic mass is 10.00. The van der Waals surface area contributed by atoms with Crippen LogP contribution in [0.25, 0.3) is 0 Å². The van der Waals surface area contributed by atoms with Crippen molar-refractivity contribution in [1.82, 2.24) is 4.90 Å². The predicted molar refractivity (Wildman–Crippen MR) is 64.2 cm³/mol. The summed E-state index contributed by atoms with van der Waals surface area (Å²) in [4.78, 5) is 14.2. The summed E-state index contributed by atoms with van der Waals surface area (Å²) in [6.07, 6.45) is 2.95. The average Bonchev–Trinajstić information content (AvgIpc) is 2.96. The zero-order valence-electron chi connectivity index (χ0n) is 9.47. The van der Waals surface area contributed by atoms with E-state index in [0.29, 0.717) is 17.7 Å². The van der Waals surface area contributed by atoms with E-state index in [1.807, 2.05) is 16.7 Å². The summed E-state index contributed by atoms with van der Waals surface area (Å²) in [5.41, 5.74) is 0. The minimum atomic E-state index is -0.152. The van der Waals surface area contributed by atoms with Crippen molar-refractivity contribution in [3.05, 3.63) is 0 Å². The molecule has 3 nitrogen and oxygen atoms in total. The van der Waals surface area contributed by atoms with Crippen LogP contribution in [0.4, 0.5) is 0 Å². The van der Waals surface area contributed by atoms with Crippen molar-refractivity contribution in [2.45, 2.75) is 25.4 Å². The molecule has 0 aromatic heterocycles. The van der Waals surface area contributed by atoms with E-state index in [2.05, 4.69) is 0 Å². The maximum Gasteiger partial charge on any atom is 0.226 e. The molecule has 90 valence electrons. The number of hydrogen-bond donors (Lipinski definition) is 1. The quantitative estimate of drug-likeness (QED) is 0.743. The van der Waals surface area contributed by atoms with Gasteiger partial charge in [0.1, 0.15) is 0 Å². The Balaban J connectivity index is 1.63. The molecule has 1 saturated carbocycles. The number of nitrogens with zero attached hydrogens (tertiary/aromatic N) is 1. The predicted octanol–water partition coefficient (Wildman–Crippen LogP) is 0.969. The summed E-state index contributed by atoms with van der Waals surface area (Å²) in [6.45, 7) is 1.72. The van der Waals surface area contributed by atoms with Gasteiger partial charge in [-0.15, -0.1) is 0 Å². The van der Waals surface area contributed by atoms with E-state index in [1.54, 1.807) is 0 Å². The van der Waals surface area contributed by atoms with Gasteiger partial charge in [-0.3, -0.25) is 4.79 Å². The molecule has 4 heteroatoms. The molecule has 0 aromatic rings. The standard InChI is InChI=1S/C12H19NO2S/c14-11-2-1-8-5-13(6-10(8)11)12(15)9-3-4-16-7-9/h8-11,14H,1-7H2. The zero-order valence-corrected chi connectivity index (χ0v) is 10.3. The molecule has 4 unspecified atom stereocenters. The molecule has 0 bridgehead atoms. The van der Waals surface area contributed by atoms with Crippen LogP contribution in [0, 0.1) is 17.8 Å². The Morgan fingerprint density at radius 2 is 2.12 bits per heavy atom. The largest absolute Gasteiger partial charge is 0.393 e. The van der Waals surface area contributed by atoms with Gasteiger partial charge >= 0.3 is 0 Å². The number of thioether (sulfide) groups is 1. The summed E-state index contributed by atoms with van der Waals surface area (Å²) in [7, 11) is 0. The van der Waals surface area contributed by atoms with Crippen LogP contribution in [0.2, 0.25) is 0 Å². The van der Waals surface area contributed by atoms with E-state index in [-0.39, 0.29) is 12.0 Å². The number of carbonyl (C=O) groups is 1. The number of aliphatic hydroxyl groups excluding tert-OH is 1. The molecule has 1 aliphatic carbocycles. The summed E-state index contributed by atoms with van der Waals surface area (Å²) < 4.78 is 0. The first-order valence-electron chi connectivity index (χ1n) is 6.30. The molecule has 16 heavy (non-hydrogen) atoms. The first kappa shape index (κ1) is 10.9. The van der Waals surface area contributed by atoms with E-state index in [9.17, 15) is 9.90 Å². The topological polar surface area (TPSA) is 40.5 Å². The van der Waals surface area contributed by atoms with Gasteiger partial charge in [-0.2, -0.15) is 11.8 Å². The molecule has 1 amide bonds. The third-order valence-corrected chi connectivity index (χ3v) is 5.57. The molecular formula is C12H19NO2S. The monoisotopic (exact) mass is 241 g/mol. The Labute approximate surface area is 101 Å². The van der Waals surface area contributed by atoms with Crippen molar-refractivity contribution in [1.29, 1.82) is 0 Å². The van der Waals surface area contributed by atoms with E-state index in [0.717, 1.165) is 43.9 Å². The first-order chi connectivity index (χ1) is 7.75. The number of fused-ring (bicyclic) bond motifs is 1. The van der Waals surface area contributed by atoms with Gasteiger partial charge in [0.2, 0.25) is 5.91 Å². The lowest BCUT2D eigenvalue weighted by molar-refractivity contribution is -0.134. The number of likely N-dealkylation sites (tertiary alicyclic amines) is 1. The number of carbonyl (C=O) groups excluding carboxylic acids is 1. The van der Waals surface area contributed by atoms with Crippen molar-refractivity contribution in [3.63, 3.8) is 0 Å². The molecule has 1 N–H and O–H groups in total. The molecule has 2 saturated heterocycles. The summed E-state index contributed by atoms with van der Waals surface area (Å²) in [5, 5.41) is 9.82. The van der Waals surface area contributed by atoms with E-state index in [1.165, 1.54) is 0 Å². The van der Waals surface area contributed by atoms with Crippen LogP contribution in [-0.2, 0) is 4.79 Å². The highest BCUT2D eigenvalue weighted by atomic mass is 32.2. The lowest BCUT2D eigenvalue weighted by Crippen LogP contribution is -2.36. The van der Waals surface area contributed by atoms with Gasteiger partial charge in [-0.05, 0) is 30.9 Å². The molecule has 4 atom stereocenters. The second-order valence-electron chi connectivity index (χ2n) is 5.37. The minimum Gasteiger partial charge on any atom is -0.393 e. The van der Waals surface area contributed by atoms with E-state index >= 15 is 0 Å². The Morgan fingerprint density at radius 1 is 1.25 bits per heavy atom. The van der Waals surface area contributed by atoms with Crippen LogP contribution in [0.15, 0.2) is 0 Å². The lowest BCUT2D eigenvalue weighted by Gasteiger charge is -2.21. The molecule has 0 spiro atoms. The van der Waals surface area contributed by atoms with Gasteiger partial charge in [0.05, 0.1) is 6.10 Å². The Hall–Kier alpha value is -0.220. The van der Waals surface area contributed by atoms with Gasteiger partial charge in [-0.1, -0.05) is 0 Å². The third-order valence-electron chi connectivity index (χ3n) is 4.41. The van der Waals surface area contributed by atoms with Crippen molar-refractivity contribution >= 4 is 17.7 Å². The summed E-state index contributed by atoms with van der Waals surface area (Å²) in [6, 6.07) is 0. The summed E-state index contributed by atoms with van der Waals surface area (Å²) in [5.74, 6) is 3.71. The normalized spacial score (nSPS) is 42.7. The maximum absolute atomic E-state index is 12.2. The fourth-order valence-electron chi connectivity index (χ4n) is 3.40. The second-order valence-corrected chi connectivity index (χ2v) is 6.52. The van der Waals surface area contributed by atoms with Crippen molar-refractivity contribution < 1.29 is 9.90 Å². The number of hydrogen-bond acceptors (Lipinski definition) is 3. The summed E-state index contributed by atoms with van der Waals surface area (Å²) >= 11 is 1.89. The van der Waals surface area contributed by atoms with Gasteiger partial charge in [0.15, 0.2) is 0 Å². The van der Waals surface area contributed by atoms with Gasteiger partial charge < -0.3 is 10.0 Å². The molecule has 0 aromatic carbocycles. The van der Waals surface area contributed by atoms with Crippen molar-refractivity contribution in [2.24, 2.45) is 17.8 Å². The van der Waals surface area contributed by atoms with E-state index in [4.69, 9.17) is 0 Å². The zero-order chi connectivity index (χ0) is 11.1. The number of rotatable bonds is 1. The van der Waals surface area contributed by atoms with Gasteiger partial charge in [0, 0.05) is 30.7 Å². The Kier molecular flexibility index (Phi) is 2.88. The first-order valence-corrected chi connectivity index (χ1v) is 7.46. The maximum atomic E-state index is 12.2. The highest BCUT2D eigenvalue weighted by Crippen LogP contribution is 2.39. The van der Waals surface area contributed by atoms with Crippen LogP contribution in [0.1, 0.15) is 19.3 Å². The van der Waals surface area contributed by atoms with Crippen LogP contribution in [0.5, 0.6) is 0 Å². The fraction of sp³-hybridized carbons (Fsp3) is 0.917. The van der Waals surface area contributed by atoms with Crippen LogP contribution in [-0.4, -0.2) is 46.6 Å². The van der Waals surface area contributed by atoms with E-state index < -0.39 is 0 Å². The highest BCUT2D eigenvalue weighted by Gasteiger charge is 2.44. The molecule has 0 radical (unpaired) electrons.